The van der Waals surface area contributed by atoms with Gasteiger partial charge in [0.1, 0.15) is 5.78 Å². The highest BCUT2D eigenvalue weighted by molar-refractivity contribution is 5.82. The lowest BCUT2D eigenvalue weighted by Gasteiger charge is -2.08. The molecule has 1 aliphatic carbocycles. The third-order valence-electron chi connectivity index (χ3n) is 3.06. The smallest absolute Gasteiger partial charge is 0.136 e. The van der Waals surface area contributed by atoms with Crippen LogP contribution in [0.1, 0.15) is 45.4 Å². The van der Waals surface area contributed by atoms with Crippen molar-refractivity contribution < 1.29 is 14.3 Å². The van der Waals surface area contributed by atoms with Gasteiger partial charge in [0.15, 0.2) is 0 Å². The van der Waals surface area contributed by atoms with Gasteiger partial charge in [0.05, 0.1) is 13.2 Å². The average molecular weight is 228 g/mol. The van der Waals surface area contributed by atoms with Gasteiger partial charge in [-0.05, 0) is 25.7 Å². The summed E-state index contributed by atoms with van der Waals surface area (Å²) in [5.41, 5.74) is 0. The van der Waals surface area contributed by atoms with Gasteiger partial charge in [0.2, 0.25) is 0 Å². The molecule has 0 aromatic heterocycles. The molecule has 16 heavy (non-hydrogen) atoms. The molecule has 94 valence electrons. The first kappa shape index (κ1) is 13.7. The fourth-order valence-electron chi connectivity index (χ4n) is 1.99. The standard InChI is InChI=1S/C13H24O3/c1-2-3-8-15-10-11-16-9-7-12-5-4-6-13(12)14/h12H,2-11H2,1H3. The Morgan fingerprint density at radius 1 is 1.19 bits per heavy atom. The molecule has 0 N–H and O–H groups in total. The van der Waals surface area contributed by atoms with E-state index in [2.05, 4.69) is 6.92 Å². The SMILES string of the molecule is CCCCOCCOCCC1CCCC1=O. The van der Waals surface area contributed by atoms with Gasteiger partial charge in [-0.3, -0.25) is 4.79 Å². The summed E-state index contributed by atoms with van der Waals surface area (Å²) >= 11 is 0. The summed E-state index contributed by atoms with van der Waals surface area (Å²) in [5.74, 6) is 0.712. The molecular formula is C13H24O3. The number of unbranched alkanes of at least 4 members (excludes halogenated alkanes) is 1. The number of hydrogen-bond donors (Lipinski definition) is 0. The molecule has 0 aromatic carbocycles. The van der Waals surface area contributed by atoms with Crippen LogP contribution in [-0.2, 0) is 14.3 Å². The minimum atomic E-state index is 0.279. The number of hydrogen-bond acceptors (Lipinski definition) is 3. The van der Waals surface area contributed by atoms with Gasteiger partial charge in [-0.1, -0.05) is 13.3 Å². The molecule has 3 nitrogen and oxygen atoms in total. The lowest BCUT2D eigenvalue weighted by molar-refractivity contribution is -0.121. The Hall–Kier alpha value is -0.410. The van der Waals surface area contributed by atoms with Gasteiger partial charge >= 0.3 is 0 Å². The van der Waals surface area contributed by atoms with Crippen LogP contribution in [0.5, 0.6) is 0 Å². The zero-order valence-corrected chi connectivity index (χ0v) is 10.4. The van der Waals surface area contributed by atoms with Crippen molar-refractivity contribution >= 4 is 5.78 Å². The normalized spacial score (nSPS) is 20.6. The Labute approximate surface area is 98.5 Å². The van der Waals surface area contributed by atoms with E-state index in [9.17, 15) is 4.79 Å². The second kappa shape index (κ2) is 8.71. The van der Waals surface area contributed by atoms with Crippen molar-refractivity contribution in [3.05, 3.63) is 0 Å². The lowest BCUT2D eigenvalue weighted by atomic mass is 10.0. The van der Waals surface area contributed by atoms with E-state index in [1.807, 2.05) is 0 Å². The Morgan fingerprint density at radius 3 is 2.56 bits per heavy atom. The minimum absolute atomic E-state index is 0.279. The van der Waals surface area contributed by atoms with Crippen molar-refractivity contribution in [3.63, 3.8) is 0 Å². The molecule has 1 saturated carbocycles. The first-order valence-electron chi connectivity index (χ1n) is 6.52. The summed E-state index contributed by atoms with van der Waals surface area (Å²) in [6.45, 7) is 5.02. The maximum absolute atomic E-state index is 11.3. The summed E-state index contributed by atoms with van der Waals surface area (Å²) in [4.78, 5) is 11.3. The molecule has 1 unspecified atom stereocenters. The first-order chi connectivity index (χ1) is 7.84. The maximum Gasteiger partial charge on any atom is 0.136 e. The van der Waals surface area contributed by atoms with Gasteiger partial charge in [-0.2, -0.15) is 0 Å². The number of ketones is 1. The molecule has 1 rings (SSSR count). The van der Waals surface area contributed by atoms with E-state index in [1.54, 1.807) is 0 Å². The van der Waals surface area contributed by atoms with Crippen molar-refractivity contribution in [1.82, 2.24) is 0 Å². The monoisotopic (exact) mass is 228 g/mol. The Balaban J connectivity index is 1.83. The van der Waals surface area contributed by atoms with Crippen molar-refractivity contribution in [1.29, 1.82) is 0 Å². The zero-order valence-electron chi connectivity index (χ0n) is 10.4. The number of Topliss-reactive ketones (excluding diaryl/α,β-unsaturated/α-hetero) is 1. The fraction of sp³-hybridized carbons (Fsp3) is 0.923. The van der Waals surface area contributed by atoms with Crippen LogP contribution in [0.2, 0.25) is 0 Å². The van der Waals surface area contributed by atoms with Crippen molar-refractivity contribution in [2.24, 2.45) is 5.92 Å². The van der Waals surface area contributed by atoms with Crippen LogP contribution in [0, 0.1) is 5.92 Å². The van der Waals surface area contributed by atoms with Crippen LogP contribution in [0.15, 0.2) is 0 Å². The van der Waals surface area contributed by atoms with E-state index in [-0.39, 0.29) is 5.92 Å². The van der Waals surface area contributed by atoms with Crippen LogP contribution < -0.4 is 0 Å². The molecule has 0 aromatic rings. The van der Waals surface area contributed by atoms with Crippen LogP contribution in [0.4, 0.5) is 0 Å². The Bertz CT molecular complexity index is 192. The van der Waals surface area contributed by atoms with Crippen molar-refractivity contribution in [3.8, 4) is 0 Å². The Morgan fingerprint density at radius 2 is 1.94 bits per heavy atom. The van der Waals surface area contributed by atoms with Crippen LogP contribution in [0.3, 0.4) is 0 Å². The molecule has 0 bridgehead atoms. The first-order valence-corrected chi connectivity index (χ1v) is 6.52. The molecule has 0 spiro atoms. The molecule has 0 saturated heterocycles. The van der Waals surface area contributed by atoms with E-state index in [0.717, 1.165) is 38.7 Å². The molecule has 0 heterocycles. The predicted octanol–water partition coefficient (Wildman–Crippen LogP) is 2.58. The predicted molar refractivity (Wildman–Crippen MR) is 63.5 cm³/mol. The zero-order chi connectivity index (χ0) is 11.6. The highest BCUT2D eigenvalue weighted by Crippen LogP contribution is 2.23. The summed E-state index contributed by atoms with van der Waals surface area (Å²) in [7, 11) is 0. The molecule has 3 heteroatoms. The van der Waals surface area contributed by atoms with Gasteiger partial charge in [0.25, 0.3) is 0 Å². The van der Waals surface area contributed by atoms with E-state index in [0.29, 0.717) is 25.6 Å². The number of ether oxygens (including phenoxy) is 2. The van der Waals surface area contributed by atoms with Gasteiger partial charge < -0.3 is 9.47 Å². The fourth-order valence-corrected chi connectivity index (χ4v) is 1.99. The molecule has 0 aliphatic heterocycles. The largest absolute Gasteiger partial charge is 0.379 e. The summed E-state index contributed by atoms with van der Waals surface area (Å²) in [6, 6.07) is 0. The summed E-state index contributed by atoms with van der Waals surface area (Å²) < 4.78 is 10.8. The average Bonchev–Trinajstić information content (AvgIpc) is 2.68. The van der Waals surface area contributed by atoms with E-state index in [1.165, 1.54) is 6.42 Å². The highest BCUT2D eigenvalue weighted by atomic mass is 16.5. The van der Waals surface area contributed by atoms with Crippen molar-refractivity contribution in [2.75, 3.05) is 26.4 Å². The summed E-state index contributed by atoms with van der Waals surface area (Å²) in [6.07, 6.45) is 6.11. The molecule has 0 radical (unpaired) electrons. The molecule has 1 atom stereocenters. The number of carbonyl (C=O) groups is 1. The number of rotatable bonds is 9. The maximum atomic E-state index is 11.3. The van der Waals surface area contributed by atoms with E-state index in [4.69, 9.17) is 9.47 Å². The van der Waals surface area contributed by atoms with Crippen LogP contribution in [0.25, 0.3) is 0 Å². The van der Waals surface area contributed by atoms with E-state index >= 15 is 0 Å². The number of carbonyl (C=O) groups excluding carboxylic acids is 1. The Kier molecular flexibility index (Phi) is 7.43. The van der Waals surface area contributed by atoms with Crippen molar-refractivity contribution in [2.45, 2.75) is 45.4 Å². The third kappa shape index (κ3) is 5.61. The quantitative estimate of drug-likeness (QED) is 0.569. The van der Waals surface area contributed by atoms with Crippen LogP contribution in [-0.4, -0.2) is 32.2 Å². The lowest BCUT2D eigenvalue weighted by Crippen LogP contribution is -2.12. The van der Waals surface area contributed by atoms with Gasteiger partial charge in [-0.25, -0.2) is 0 Å². The molecule has 1 aliphatic rings. The minimum Gasteiger partial charge on any atom is -0.379 e. The summed E-state index contributed by atoms with van der Waals surface area (Å²) in [5, 5.41) is 0. The topological polar surface area (TPSA) is 35.5 Å². The third-order valence-corrected chi connectivity index (χ3v) is 3.06. The molecule has 1 fully saturated rings. The second-order valence-electron chi connectivity index (χ2n) is 4.42. The van der Waals surface area contributed by atoms with Crippen LogP contribution >= 0.6 is 0 Å². The highest BCUT2D eigenvalue weighted by Gasteiger charge is 2.23. The molecular weight excluding hydrogens is 204 g/mol. The van der Waals surface area contributed by atoms with Gasteiger partial charge in [-0.15, -0.1) is 0 Å². The van der Waals surface area contributed by atoms with E-state index < -0.39 is 0 Å². The van der Waals surface area contributed by atoms with Gasteiger partial charge in [0, 0.05) is 25.6 Å². The molecule has 0 amide bonds. The second-order valence-corrected chi connectivity index (χ2v) is 4.42.